The van der Waals surface area contributed by atoms with E-state index in [1.165, 1.54) is 11.0 Å². The van der Waals surface area contributed by atoms with Gasteiger partial charge in [0.15, 0.2) is 5.11 Å². The first-order valence-electron chi connectivity index (χ1n) is 9.82. The van der Waals surface area contributed by atoms with E-state index in [0.717, 1.165) is 0 Å². The van der Waals surface area contributed by atoms with Crippen LogP contribution in [-0.2, 0) is 9.59 Å². The third-order valence-electron chi connectivity index (χ3n) is 4.81. The Labute approximate surface area is 190 Å². The molecule has 32 heavy (non-hydrogen) atoms. The number of nitrogens with one attached hydrogen (secondary N) is 2. The highest BCUT2D eigenvalue weighted by Crippen LogP contribution is 2.27. The molecular formula is C25H19N3O3S. The number of nitrogens with zero attached hydrogens (tertiary/aromatic N) is 1. The second-order valence-corrected chi connectivity index (χ2v) is 7.50. The van der Waals surface area contributed by atoms with Gasteiger partial charge in [-0.25, -0.2) is 0 Å². The maximum absolute atomic E-state index is 13.2. The molecule has 0 bridgehead atoms. The fraction of sp³-hybridized carbons (Fsp3) is 0.0400. The Kier molecular flexibility index (Phi) is 5.91. The molecule has 0 aliphatic carbocycles. The first kappa shape index (κ1) is 21.1. The van der Waals surface area contributed by atoms with Crippen molar-refractivity contribution in [2.45, 2.75) is 6.92 Å². The highest BCUT2D eigenvalue weighted by molar-refractivity contribution is 7.80. The average Bonchev–Trinajstić information content (AvgIpc) is 2.78. The Balaban J connectivity index is 1.61. The van der Waals surface area contributed by atoms with Crippen molar-refractivity contribution in [1.82, 2.24) is 5.32 Å². The summed E-state index contributed by atoms with van der Waals surface area (Å²) in [6.45, 7) is 1.68. The monoisotopic (exact) mass is 441 g/mol. The summed E-state index contributed by atoms with van der Waals surface area (Å²) in [5.74, 6) is 0.225. The molecule has 0 spiro atoms. The van der Waals surface area contributed by atoms with Crippen LogP contribution in [0.15, 0.2) is 84.4 Å². The molecule has 1 saturated heterocycles. The molecule has 1 aliphatic heterocycles. The fourth-order valence-corrected chi connectivity index (χ4v) is 3.49. The van der Waals surface area contributed by atoms with E-state index in [0.29, 0.717) is 34.0 Å². The van der Waals surface area contributed by atoms with Gasteiger partial charge in [-0.2, -0.15) is 0 Å². The molecule has 158 valence electrons. The molecule has 0 atom stereocenters. The van der Waals surface area contributed by atoms with Gasteiger partial charge >= 0.3 is 0 Å². The number of amides is 2. The quantitative estimate of drug-likeness (QED) is 0.260. The molecule has 1 aliphatic rings. The van der Waals surface area contributed by atoms with Crippen LogP contribution in [0.1, 0.15) is 18.1 Å². The van der Waals surface area contributed by atoms with Crippen molar-refractivity contribution >= 4 is 46.6 Å². The molecule has 1 fully saturated rings. The molecule has 4 rings (SSSR count). The zero-order valence-electron chi connectivity index (χ0n) is 17.2. The highest BCUT2D eigenvalue weighted by atomic mass is 32.1. The standard InChI is InChI=1S/C25H19N3O3S/c1-16(26)18-7-5-6-17(14-18)15-22-23(29)27-25(32)28(24(22)30)19-10-12-21(13-11-19)31-20-8-3-2-4-9-20/h2-15,26H,1H3,(H,27,29,32)/b22-15+,26-16?. The third kappa shape index (κ3) is 4.48. The van der Waals surface area contributed by atoms with Crippen molar-refractivity contribution in [2.24, 2.45) is 0 Å². The Hall–Kier alpha value is -4.10. The van der Waals surface area contributed by atoms with Crippen molar-refractivity contribution in [1.29, 1.82) is 5.41 Å². The summed E-state index contributed by atoms with van der Waals surface area (Å²) < 4.78 is 5.79. The largest absolute Gasteiger partial charge is 0.457 e. The van der Waals surface area contributed by atoms with Gasteiger partial charge in [-0.05, 0) is 78.8 Å². The molecule has 3 aromatic carbocycles. The normalized spacial score (nSPS) is 15.0. The molecular weight excluding hydrogens is 422 g/mol. The summed E-state index contributed by atoms with van der Waals surface area (Å²) in [5.41, 5.74) is 2.22. The molecule has 0 saturated carbocycles. The van der Waals surface area contributed by atoms with E-state index in [2.05, 4.69) is 5.32 Å². The van der Waals surface area contributed by atoms with Gasteiger partial charge in [0.2, 0.25) is 0 Å². The SMILES string of the molecule is CC(=N)c1cccc(/C=C2\C(=O)NC(=S)N(c3ccc(Oc4ccccc4)cc3)C2=O)c1. The molecule has 2 amide bonds. The summed E-state index contributed by atoms with van der Waals surface area (Å²) in [4.78, 5) is 27.0. The van der Waals surface area contributed by atoms with Crippen molar-refractivity contribution in [3.8, 4) is 11.5 Å². The van der Waals surface area contributed by atoms with E-state index in [4.69, 9.17) is 22.4 Å². The van der Waals surface area contributed by atoms with Crippen LogP contribution in [0.25, 0.3) is 6.08 Å². The number of benzene rings is 3. The number of ether oxygens (including phenoxy) is 1. The molecule has 2 N–H and O–H groups in total. The lowest BCUT2D eigenvalue weighted by Gasteiger charge is -2.29. The second kappa shape index (κ2) is 8.95. The lowest BCUT2D eigenvalue weighted by Crippen LogP contribution is -2.54. The van der Waals surface area contributed by atoms with Gasteiger partial charge in [-0.15, -0.1) is 0 Å². The van der Waals surface area contributed by atoms with Gasteiger partial charge in [0.05, 0.1) is 5.69 Å². The number of hydrogen-bond acceptors (Lipinski definition) is 5. The highest BCUT2D eigenvalue weighted by Gasteiger charge is 2.34. The number of hydrogen-bond donors (Lipinski definition) is 2. The van der Waals surface area contributed by atoms with E-state index < -0.39 is 11.8 Å². The van der Waals surface area contributed by atoms with Crippen LogP contribution >= 0.6 is 12.2 Å². The van der Waals surface area contributed by atoms with E-state index in [-0.39, 0.29) is 10.7 Å². The van der Waals surface area contributed by atoms with E-state index in [1.54, 1.807) is 55.5 Å². The zero-order chi connectivity index (χ0) is 22.7. The van der Waals surface area contributed by atoms with Crippen LogP contribution in [0.3, 0.4) is 0 Å². The average molecular weight is 442 g/mol. The molecule has 0 unspecified atom stereocenters. The molecule has 0 radical (unpaired) electrons. The van der Waals surface area contributed by atoms with Gasteiger partial charge < -0.3 is 10.1 Å². The van der Waals surface area contributed by atoms with E-state index >= 15 is 0 Å². The smallest absolute Gasteiger partial charge is 0.270 e. The maximum atomic E-state index is 13.2. The predicted octanol–water partition coefficient (Wildman–Crippen LogP) is 4.70. The van der Waals surface area contributed by atoms with Crippen LogP contribution in [0.4, 0.5) is 5.69 Å². The summed E-state index contributed by atoms with van der Waals surface area (Å²) in [7, 11) is 0. The predicted molar refractivity (Wildman–Crippen MR) is 128 cm³/mol. The Morgan fingerprint density at radius 1 is 0.969 bits per heavy atom. The first-order valence-corrected chi connectivity index (χ1v) is 10.2. The van der Waals surface area contributed by atoms with Gasteiger partial charge in [0.1, 0.15) is 17.1 Å². The third-order valence-corrected chi connectivity index (χ3v) is 5.09. The molecule has 6 nitrogen and oxygen atoms in total. The van der Waals surface area contributed by atoms with Crippen molar-refractivity contribution < 1.29 is 14.3 Å². The van der Waals surface area contributed by atoms with Crippen molar-refractivity contribution in [3.63, 3.8) is 0 Å². The van der Waals surface area contributed by atoms with Crippen molar-refractivity contribution in [2.75, 3.05) is 4.90 Å². The molecule has 3 aromatic rings. The van der Waals surface area contributed by atoms with Crippen LogP contribution in [0.2, 0.25) is 0 Å². The molecule has 0 aromatic heterocycles. The van der Waals surface area contributed by atoms with Crippen LogP contribution in [-0.4, -0.2) is 22.6 Å². The van der Waals surface area contributed by atoms with E-state index in [9.17, 15) is 9.59 Å². The Bertz CT molecular complexity index is 1250. The minimum Gasteiger partial charge on any atom is -0.457 e. The molecule has 7 heteroatoms. The number of carbonyl (C=O) groups excluding carboxylic acids is 2. The summed E-state index contributed by atoms with van der Waals surface area (Å²) >= 11 is 5.26. The number of thiocarbonyl (C=S) groups is 1. The van der Waals surface area contributed by atoms with Crippen LogP contribution in [0.5, 0.6) is 11.5 Å². The van der Waals surface area contributed by atoms with Gasteiger partial charge in [-0.3, -0.25) is 19.8 Å². The summed E-state index contributed by atoms with van der Waals surface area (Å²) in [6.07, 6.45) is 1.51. The second-order valence-electron chi connectivity index (χ2n) is 7.12. The van der Waals surface area contributed by atoms with E-state index in [1.807, 2.05) is 30.3 Å². The summed E-state index contributed by atoms with van der Waals surface area (Å²) in [5, 5.41) is 10.4. The minimum absolute atomic E-state index is 0.0120. The molecule has 1 heterocycles. The van der Waals surface area contributed by atoms with Crippen molar-refractivity contribution in [3.05, 3.63) is 95.6 Å². The number of para-hydroxylation sites is 1. The number of carbonyl (C=O) groups is 2. The maximum Gasteiger partial charge on any atom is 0.270 e. The van der Waals surface area contributed by atoms with Gasteiger partial charge in [-0.1, -0.05) is 36.4 Å². The Morgan fingerprint density at radius 2 is 1.66 bits per heavy atom. The Morgan fingerprint density at radius 3 is 2.34 bits per heavy atom. The topological polar surface area (TPSA) is 82.5 Å². The lowest BCUT2D eigenvalue weighted by molar-refractivity contribution is -0.122. The van der Waals surface area contributed by atoms with Gasteiger partial charge in [0.25, 0.3) is 11.8 Å². The lowest BCUT2D eigenvalue weighted by atomic mass is 10.0. The van der Waals surface area contributed by atoms with Gasteiger partial charge in [0, 0.05) is 5.71 Å². The summed E-state index contributed by atoms with van der Waals surface area (Å²) in [6, 6.07) is 23.3. The fourth-order valence-electron chi connectivity index (χ4n) is 3.21. The first-order chi connectivity index (χ1) is 15.4. The zero-order valence-corrected chi connectivity index (χ0v) is 18.0. The minimum atomic E-state index is -0.558. The van der Waals surface area contributed by atoms with Crippen LogP contribution in [0, 0.1) is 5.41 Å². The number of rotatable bonds is 5. The number of anilines is 1. The van der Waals surface area contributed by atoms with Crippen LogP contribution < -0.4 is 15.0 Å².